The van der Waals surface area contributed by atoms with Gasteiger partial charge in [0.25, 0.3) is 0 Å². The quantitative estimate of drug-likeness (QED) is 0.285. The normalized spacial score (nSPS) is 11.5. The van der Waals surface area contributed by atoms with Gasteiger partial charge in [0, 0.05) is 11.9 Å². The van der Waals surface area contributed by atoms with Crippen LogP contribution in [-0.4, -0.2) is 4.57 Å². The molecule has 0 saturated carbocycles. The Hall–Kier alpha value is -3.09. The summed E-state index contributed by atoms with van der Waals surface area (Å²) >= 11 is 1.63. The van der Waals surface area contributed by atoms with Crippen LogP contribution in [-0.2, 0) is 6.54 Å². The summed E-state index contributed by atoms with van der Waals surface area (Å²) in [5.74, 6) is 0. The standard InChI is InChI=1S/C25H22N4S.BrH/c1-3-17-29-24(20-11-9-19(2)10-12-20)18-30-25(29)26-21-13-15-23(16-14-21)28-27-22-7-5-4-6-8-22;/h3-16,18H,1,17H2,2H3;1H/p-1. The van der Waals surface area contributed by atoms with Crippen molar-refractivity contribution in [1.82, 2.24) is 4.57 Å². The van der Waals surface area contributed by atoms with Gasteiger partial charge in [0.2, 0.25) is 0 Å². The van der Waals surface area contributed by atoms with Gasteiger partial charge in [-0.3, -0.25) is 0 Å². The summed E-state index contributed by atoms with van der Waals surface area (Å²) in [6.07, 6.45) is 1.90. The van der Waals surface area contributed by atoms with E-state index in [2.05, 4.69) is 57.9 Å². The lowest BCUT2D eigenvalue weighted by Gasteiger charge is -2.07. The molecule has 4 aromatic rings. The molecule has 156 valence electrons. The number of halogens is 1. The highest BCUT2D eigenvalue weighted by Crippen LogP contribution is 2.23. The molecule has 1 heterocycles. The van der Waals surface area contributed by atoms with Gasteiger partial charge in [-0.2, -0.15) is 10.2 Å². The highest BCUT2D eigenvalue weighted by molar-refractivity contribution is 7.07. The Balaban J connectivity index is 0.00000272. The number of aryl methyl sites for hydroxylation is 1. The summed E-state index contributed by atoms with van der Waals surface area (Å²) in [5, 5.41) is 10.7. The Morgan fingerprint density at radius 2 is 1.45 bits per heavy atom. The molecule has 0 N–H and O–H groups in total. The van der Waals surface area contributed by atoms with E-state index in [1.807, 2.05) is 60.7 Å². The van der Waals surface area contributed by atoms with E-state index in [4.69, 9.17) is 4.99 Å². The SMILES string of the molecule is C=CCn1c(-c2ccc(C)cc2)csc1=Nc1ccc(N=Nc2ccccc2)cc1.[Br-]. The summed E-state index contributed by atoms with van der Waals surface area (Å²) in [5.41, 5.74) is 6.08. The number of hydrogen-bond acceptors (Lipinski definition) is 4. The van der Waals surface area contributed by atoms with Crippen molar-refractivity contribution >= 4 is 28.4 Å². The third-order valence-corrected chi connectivity index (χ3v) is 5.43. The van der Waals surface area contributed by atoms with Crippen LogP contribution in [0.1, 0.15) is 5.56 Å². The first kappa shape index (κ1) is 22.6. The third-order valence-electron chi connectivity index (χ3n) is 4.57. The van der Waals surface area contributed by atoms with E-state index in [0.29, 0.717) is 6.54 Å². The van der Waals surface area contributed by atoms with E-state index < -0.39 is 0 Å². The number of benzene rings is 3. The molecular weight excluding hydrogens is 468 g/mol. The predicted octanol–water partition coefficient (Wildman–Crippen LogP) is 4.36. The summed E-state index contributed by atoms with van der Waals surface area (Å²) in [6, 6.07) is 26.0. The van der Waals surface area contributed by atoms with Crippen LogP contribution in [0.5, 0.6) is 0 Å². The van der Waals surface area contributed by atoms with Gasteiger partial charge in [0.15, 0.2) is 4.80 Å². The zero-order chi connectivity index (χ0) is 20.8. The fourth-order valence-electron chi connectivity index (χ4n) is 2.99. The molecule has 0 atom stereocenters. The number of aromatic nitrogens is 1. The smallest absolute Gasteiger partial charge is 0.190 e. The largest absolute Gasteiger partial charge is 1.00 e. The van der Waals surface area contributed by atoms with E-state index in [1.165, 1.54) is 11.1 Å². The molecule has 0 aliphatic carbocycles. The molecule has 4 nitrogen and oxygen atoms in total. The van der Waals surface area contributed by atoms with Crippen LogP contribution in [0, 0.1) is 6.92 Å². The molecule has 0 bridgehead atoms. The van der Waals surface area contributed by atoms with Crippen molar-refractivity contribution in [1.29, 1.82) is 0 Å². The Morgan fingerprint density at radius 3 is 2.10 bits per heavy atom. The van der Waals surface area contributed by atoms with Gasteiger partial charge in [0.05, 0.1) is 22.8 Å². The van der Waals surface area contributed by atoms with Gasteiger partial charge in [-0.05, 0) is 48.9 Å². The summed E-state index contributed by atoms with van der Waals surface area (Å²) in [6.45, 7) is 6.71. The van der Waals surface area contributed by atoms with Crippen LogP contribution in [0.3, 0.4) is 0 Å². The lowest BCUT2D eigenvalue weighted by molar-refractivity contribution is -0.00000606. The number of nitrogens with zero attached hydrogens (tertiary/aromatic N) is 4. The fourth-order valence-corrected chi connectivity index (χ4v) is 3.93. The Morgan fingerprint density at radius 1 is 0.839 bits per heavy atom. The molecule has 0 radical (unpaired) electrons. The molecule has 31 heavy (non-hydrogen) atoms. The van der Waals surface area contributed by atoms with Crippen LogP contribution in [0.25, 0.3) is 11.3 Å². The van der Waals surface area contributed by atoms with Crippen LogP contribution in [0.15, 0.2) is 112 Å². The highest BCUT2D eigenvalue weighted by Gasteiger charge is 2.07. The Kier molecular flexibility index (Phi) is 7.87. The van der Waals surface area contributed by atoms with Crippen molar-refractivity contribution in [2.24, 2.45) is 15.2 Å². The van der Waals surface area contributed by atoms with E-state index in [0.717, 1.165) is 27.6 Å². The van der Waals surface area contributed by atoms with Crippen molar-refractivity contribution in [2.45, 2.75) is 13.5 Å². The van der Waals surface area contributed by atoms with Crippen LogP contribution < -0.4 is 21.8 Å². The van der Waals surface area contributed by atoms with Gasteiger partial charge in [-0.15, -0.1) is 17.9 Å². The average molecular weight is 490 g/mol. The summed E-state index contributed by atoms with van der Waals surface area (Å²) in [7, 11) is 0. The Bertz CT molecular complexity index is 1220. The lowest BCUT2D eigenvalue weighted by Crippen LogP contribution is -3.00. The molecule has 0 unspecified atom stereocenters. The zero-order valence-corrected chi connectivity index (χ0v) is 19.6. The second-order valence-electron chi connectivity index (χ2n) is 6.83. The van der Waals surface area contributed by atoms with Gasteiger partial charge in [0.1, 0.15) is 0 Å². The van der Waals surface area contributed by atoms with E-state index in [1.54, 1.807) is 11.3 Å². The van der Waals surface area contributed by atoms with Crippen LogP contribution in [0.2, 0.25) is 0 Å². The maximum absolute atomic E-state index is 4.84. The summed E-state index contributed by atoms with van der Waals surface area (Å²) < 4.78 is 2.19. The molecule has 3 aromatic carbocycles. The maximum atomic E-state index is 4.84. The number of thiazole rings is 1. The van der Waals surface area contributed by atoms with Gasteiger partial charge >= 0.3 is 0 Å². The van der Waals surface area contributed by atoms with Crippen molar-refractivity contribution in [2.75, 3.05) is 0 Å². The number of rotatable bonds is 6. The van der Waals surface area contributed by atoms with E-state index in [9.17, 15) is 0 Å². The number of hydrogen-bond donors (Lipinski definition) is 0. The average Bonchev–Trinajstić information content (AvgIpc) is 3.17. The van der Waals surface area contributed by atoms with Gasteiger partial charge in [-0.1, -0.05) is 54.1 Å². The molecule has 6 heteroatoms. The molecule has 0 saturated heterocycles. The zero-order valence-electron chi connectivity index (χ0n) is 17.1. The Labute approximate surface area is 196 Å². The molecular formula is C25H22BrN4S-. The monoisotopic (exact) mass is 489 g/mol. The molecule has 0 spiro atoms. The first-order chi connectivity index (χ1) is 14.7. The third kappa shape index (κ3) is 5.75. The van der Waals surface area contributed by atoms with E-state index in [-0.39, 0.29) is 17.0 Å². The lowest BCUT2D eigenvalue weighted by atomic mass is 10.1. The highest BCUT2D eigenvalue weighted by atomic mass is 79.9. The molecule has 0 amide bonds. The van der Waals surface area contributed by atoms with Crippen LogP contribution >= 0.6 is 11.3 Å². The number of azo groups is 1. The van der Waals surface area contributed by atoms with Crippen molar-refractivity contribution in [3.05, 3.63) is 107 Å². The van der Waals surface area contributed by atoms with Crippen molar-refractivity contribution < 1.29 is 17.0 Å². The molecule has 4 rings (SSSR count). The van der Waals surface area contributed by atoms with Gasteiger partial charge < -0.3 is 21.5 Å². The molecule has 0 fully saturated rings. The number of allylic oxidation sites excluding steroid dienone is 1. The first-order valence-corrected chi connectivity index (χ1v) is 10.6. The van der Waals surface area contributed by atoms with Crippen molar-refractivity contribution in [3.63, 3.8) is 0 Å². The fraction of sp³-hybridized carbons (Fsp3) is 0.0800. The first-order valence-electron chi connectivity index (χ1n) is 9.71. The minimum absolute atomic E-state index is 0. The van der Waals surface area contributed by atoms with Crippen molar-refractivity contribution in [3.8, 4) is 11.3 Å². The van der Waals surface area contributed by atoms with Crippen LogP contribution in [0.4, 0.5) is 17.1 Å². The van der Waals surface area contributed by atoms with Gasteiger partial charge in [-0.25, -0.2) is 4.99 Å². The topological polar surface area (TPSA) is 42.0 Å². The minimum Gasteiger partial charge on any atom is -1.00 e. The summed E-state index contributed by atoms with van der Waals surface area (Å²) in [4.78, 5) is 5.78. The predicted molar refractivity (Wildman–Crippen MR) is 125 cm³/mol. The minimum atomic E-state index is 0. The molecule has 0 aliphatic heterocycles. The molecule has 0 aliphatic rings. The second kappa shape index (κ2) is 10.8. The molecule has 1 aromatic heterocycles. The maximum Gasteiger partial charge on any atom is 0.190 e. The second-order valence-corrected chi connectivity index (χ2v) is 7.67. The van der Waals surface area contributed by atoms with E-state index >= 15 is 0 Å².